The van der Waals surface area contributed by atoms with Crippen LogP contribution in [0.4, 0.5) is 0 Å². The standard InChI is InChI=1S/C12H22N3O7P.C12H22O6.C11H19N3O6.C10H17N3O7.C10H15N3O6.CH5P.CS2.Mg.H2O6P2.H2O/c1-5-8(17)3-12(11(19)20,21-6(2)23)22-10(5)9(18)7(4-16)14-15-13;1-6(5-13)9(15)10-7(2)8(14)4-12(3,18-10)11(16)17;1-5-7(16)3-11(2,10(18)19)20-9(5)8(17)6(4-15)13-14-12;1-4-6(15)2-10(19,9(17)18)20-8(4)7(16)5(3-14)12-13-11;1-4-6(15)2-10(9(16)17)18-7(4)8(19-10)5(3-14)12-13-11;1-2;2-1-3;;1-7(2)6-8(3,4)5;/h5-10,16-18H,3-4,23H2,1-2H3,(H,19,20);6-10,13-15H,4-5H2,1-3H3,(H,16,17);5-9,15-17H,3-4H2,1-2H3,(H,18,19);4-8,14-16,19H,2-3H2,1H3,(H,17,18);4-8,14-15H,2-3H2,1H3,(H,16,17);2H2,1H3;;;(H2,3,4,5);1H2/q;;;;;;;+2;;/p-7/t5-,6?,7-,8-,9-,10?,12+;6-,7-,8-,9-,10?,12-;5-,6-,7-,8-,9?,11-;4-,5-,6-,7-,8?,10+;4-,5-,6-,7?,8?,10+;;;;;/m11111...../s1/i;;;;;1T;;;;. The molecule has 0 spiro atoms. The van der Waals surface area contributed by atoms with E-state index in [4.69, 9.17) is 72.0 Å². The van der Waals surface area contributed by atoms with Crippen molar-refractivity contribution in [2.24, 2.45) is 56.0 Å². The fraction of sp³-hybridized carbons (Fsp3) is 0.895. The van der Waals surface area contributed by atoms with Crippen molar-refractivity contribution in [1.29, 1.82) is 0 Å². The van der Waals surface area contributed by atoms with E-state index in [-0.39, 0.29) is 60.8 Å². The van der Waals surface area contributed by atoms with Gasteiger partial charge in [0.15, 0.2) is 0 Å². The molecule has 0 aromatic heterocycles. The molecule has 34 atom stereocenters. The van der Waals surface area contributed by atoms with Gasteiger partial charge in [0.05, 0.1) is 160 Å². The number of aliphatic carboxylic acids is 5. The van der Waals surface area contributed by atoms with Gasteiger partial charge in [-0.2, -0.15) is 0 Å². The first-order valence-electron chi connectivity index (χ1n) is 33.8. The molecule has 6 aliphatic heterocycles. The molecule has 115 heavy (non-hydrogen) atoms. The minimum absolute atomic E-state index is 0. The van der Waals surface area contributed by atoms with E-state index in [0.717, 1.165) is 0 Å². The SMILES string of the molecule is CC(P)O[C@@]1(C(=O)[O-])C[C@@H](O)[C@@H](C)C([C@H](O)[C@@H](CO)N=[N+]=[N-])O1.C[C@H](CO)[C@@H](O)C1O[C@@](C)(C(=O)[O-])C[C@@H](O)[C@H]1C.C[C@H]1C([C@H](O)[C@@H](CO)N=[N+]=[N-])O[C@@](C)(C(=O)[O-])C[C@H]1O.C[C@H]1C([C@H](O)[C@@H](CO)N=[N+]=[N-])O[C@](O)(C(=O)[O-])C[C@H]1O.C[C@H]1C2O[C@@](C(=O)[O-])(C[C@H]1O)OC2[C@@H](CO)N=[N+]=[N-].O.O=[P+]([O-])OP(=O)([O-])[O-].S=C=S.[3H]CP.[Mg+2]. The molecular formula is C57H97MgN12O39P4S2-5. The molecule has 2 bridgehead atoms. The van der Waals surface area contributed by atoms with E-state index in [0.29, 0.717) is 6.64 Å². The van der Waals surface area contributed by atoms with E-state index < -0.39 is 264 Å². The Morgan fingerprint density at radius 1 is 0.574 bits per heavy atom. The average molecular weight is 1790 g/mol. The van der Waals surface area contributed by atoms with Crippen molar-refractivity contribution in [3.8, 4) is 0 Å². The Balaban J connectivity index is -0.000000646. The Labute approximate surface area is 689 Å². The molecule has 17 N–H and O–H groups in total. The molecule has 6 heterocycles. The number of carbonyl (C=O) groups excluding carboxylic acids is 5. The Morgan fingerprint density at radius 2 is 0.913 bits per heavy atom. The predicted molar refractivity (Wildman–Crippen MR) is 383 cm³/mol. The second-order valence-corrected chi connectivity index (χ2v) is 30.0. The van der Waals surface area contributed by atoms with E-state index in [1.54, 1.807) is 34.6 Å². The van der Waals surface area contributed by atoms with Crippen molar-refractivity contribution in [2.45, 2.75) is 245 Å². The number of carboxylic acid groups (broad SMARTS) is 5. The molecule has 6 saturated heterocycles. The minimum atomic E-state index is -5.32. The van der Waals surface area contributed by atoms with Gasteiger partial charge in [-0.05, 0) is 71.9 Å². The number of phosphoric acid groups is 1. The normalized spacial score (nSPS) is 34.3. The number of thiocarbonyl (C=S) groups is 2. The summed E-state index contributed by atoms with van der Waals surface area (Å²) in [5.74, 6) is -19.2. The summed E-state index contributed by atoms with van der Waals surface area (Å²) < 4.78 is 66.5. The van der Waals surface area contributed by atoms with Crippen LogP contribution in [0.15, 0.2) is 20.5 Å². The summed E-state index contributed by atoms with van der Waals surface area (Å²) >= 11 is 7.92. The molecule has 0 aromatic rings. The number of ether oxygens (including phenoxy) is 7. The molecule has 0 amide bonds. The Kier molecular flexibility index (Phi) is 54.1. The molecule has 658 valence electrons. The van der Waals surface area contributed by atoms with E-state index in [1.165, 1.54) is 27.7 Å². The number of azide groups is 4. The summed E-state index contributed by atoms with van der Waals surface area (Å²) in [6.45, 7) is 11.3. The second-order valence-electron chi connectivity index (χ2n) is 26.4. The van der Waals surface area contributed by atoms with Crippen LogP contribution in [0.25, 0.3) is 41.8 Å². The summed E-state index contributed by atoms with van der Waals surface area (Å²) in [5.41, 5.74) is 30.2. The zero-order chi connectivity index (χ0) is 89.3. The van der Waals surface area contributed by atoms with E-state index in [9.17, 15) is 135 Å². The van der Waals surface area contributed by atoms with Gasteiger partial charge in [-0.3, -0.25) is 0 Å². The first-order valence-corrected chi connectivity index (χ1v) is 38.0. The van der Waals surface area contributed by atoms with Crippen LogP contribution in [-0.2, 0) is 70.6 Å². The van der Waals surface area contributed by atoms with Gasteiger partial charge in [0.2, 0.25) is 17.4 Å². The summed E-state index contributed by atoms with van der Waals surface area (Å²) in [6.07, 6.45) is -18.8. The largest absolute Gasteiger partial charge is 2.00 e. The number of hydrogen-bond donors (Lipinski definition) is 15. The molecule has 0 radical (unpaired) electrons. The molecule has 51 nitrogen and oxygen atoms in total. The zero-order valence-electron chi connectivity index (χ0n) is 63.8. The maximum Gasteiger partial charge on any atom is 2.00 e. The molecule has 6 fully saturated rings. The number of hydrogen-bond acceptors (Lipinski definition) is 44. The van der Waals surface area contributed by atoms with Crippen LogP contribution in [0, 0.1) is 35.5 Å². The van der Waals surface area contributed by atoms with Crippen molar-refractivity contribution in [3.63, 3.8) is 0 Å². The van der Waals surface area contributed by atoms with Crippen LogP contribution in [-0.4, -0.2) is 329 Å². The van der Waals surface area contributed by atoms with Gasteiger partial charge in [-0.25, -0.2) is 0 Å². The summed E-state index contributed by atoms with van der Waals surface area (Å²) in [7, 11) is -4.42. The number of fused-ring (bicyclic) bond motifs is 2. The number of aliphatic hydroxyl groups is 15. The molecule has 0 saturated carbocycles. The first kappa shape index (κ1) is 115. The maximum atomic E-state index is 11.5. The summed E-state index contributed by atoms with van der Waals surface area (Å²) in [5, 5.41) is 214. The van der Waals surface area contributed by atoms with Crippen LogP contribution in [0.5, 0.6) is 0 Å². The molecule has 0 aromatic carbocycles. The van der Waals surface area contributed by atoms with Crippen molar-refractivity contribution in [1.82, 2.24) is 0 Å². The van der Waals surface area contributed by atoms with Crippen molar-refractivity contribution in [2.75, 3.05) is 39.7 Å². The average Bonchev–Trinajstić information content (AvgIpc) is 1.61. The molecule has 0 aliphatic carbocycles. The van der Waals surface area contributed by atoms with Gasteiger partial charge >= 0.3 is 31.3 Å². The monoisotopic (exact) mass is 1790 g/mol. The van der Waals surface area contributed by atoms with E-state index in [2.05, 4.69) is 87.3 Å². The van der Waals surface area contributed by atoms with Crippen molar-refractivity contribution >= 4 is 116 Å². The first-order chi connectivity index (χ1) is 52.6. The maximum absolute atomic E-state index is 11.5. The number of carbonyl (C=O) groups is 5. The molecular weight excluding hydrogens is 1690 g/mol. The zero-order valence-corrected chi connectivity index (χ0v) is 70.0. The Morgan fingerprint density at radius 3 is 1.20 bits per heavy atom. The topological polar surface area (TPSA) is 908 Å². The second kappa shape index (κ2) is 54.1. The fourth-order valence-electron chi connectivity index (χ4n) is 11.7. The van der Waals surface area contributed by atoms with Gasteiger partial charge in [0.25, 0.3) is 0 Å². The van der Waals surface area contributed by atoms with E-state index in [1.807, 2.05) is 4.31 Å². The summed E-state index contributed by atoms with van der Waals surface area (Å²) in [6, 6.07) is -4.73. The van der Waals surface area contributed by atoms with Gasteiger partial charge in [0, 0.05) is 99.6 Å². The Bertz CT molecular complexity index is 3300. The quantitative estimate of drug-likeness (QED) is 0.00907. The number of rotatable bonds is 27. The molecule has 10 unspecified atom stereocenters. The number of aliphatic hydroxyl groups excluding tert-OH is 14. The van der Waals surface area contributed by atoms with Crippen LogP contribution < -0.4 is 40.2 Å². The van der Waals surface area contributed by atoms with Crippen molar-refractivity contribution < 1.29 is 194 Å². The third kappa shape index (κ3) is 34.3. The third-order valence-corrected chi connectivity index (χ3v) is 19.8. The Hall–Kier alpha value is -4.31. The van der Waals surface area contributed by atoms with Crippen LogP contribution in [0.3, 0.4) is 0 Å². The van der Waals surface area contributed by atoms with Gasteiger partial charge < -0.3 is 184 Å². The van der Waals surface area contributed by atoms with Crippen LogP contribution in [0.1, 0.15) is 95.8 Å². The molecule has 6 aliphatic rings. The third-order valence-electron chi connectivity index (χ3n) is 18.4. The van der Waals surface area contributed by atoms with Crippen LogP contribution >= 0.6 is 59.0 Å². The van der Waals surface area contributed by atoms with Gasteiger partial charge in [0.1, 0.15) is 36.9 Å². The van der Waals surface area contributed by atoms with E-state index >= 15 is 0 Å². The number of nitrogens with zero attached hydrogens (tertiary/aromatic N) is 12. The predicted octanol–water partition coefficient (Wildman–Crippen LogP) is -11.2. The smallest absolute Gasteiger partial charge is 0.786 e. The van der Waals surface area contributed by atoms with Gasteiger partial charge in [-0.1, -0.05) is 68.6 Å². The summed E-state index contributed by atoms with van der Waals surface area (Å²) in [4.78, 5) is 93.6. The van der Waals surface area contributed by atoms with Gasteiger partial charge in [-0.15, -0.1) is 22.8 Å². The number of carboxylic acids is 5. The molecule has 58 heteroatoms. The van der Waals surface area contributed by atoms with Crippen LogP contribution in [0.2, 0.25) is 0 Å². The minimum Gasteiger partial charge on any atom is -0.786 e. The molecule has 6 rings (SSSR count). The fourth-order valence-corrected chi connectivity index (χ4v) is 12.5. The van der Waals surface area contributed by atoms with Crippen molar-refractivity contribution in [3.05, 3.63) is 41.8 Å².